The molecule has 0 saturated heterocycles. The minimum atomic E-state index is -0.553. The van der Waals surface area contributed by atoms with Crippen molar-refractivity contribution in [3.63, 3.8) is 0 Å². The number of rotatable bonds is 8. The predicted molar refractivity (Wildman–Crippen MR) is 127 cm³/mol. The van der Waals surface area contributed by atoms with Gasteiger partial charge in [0.2, 0.25) is 5.91 Å². The molecule has 0 fully saturated rings. The molecule has 2 N–H and O–H groups in total. The molecular formula is C21H20BrClN4O4S. The van der Waals surface area contributed by atoms with Gasteiger partial charge in [-0.15, -0.1) is 10.2 Å². The van der Waals surface area contributed by atoms with E-state index in [4.69, 9.17) is 16.3 Å². The first-order chi connectivity index (χ1) is 15.3. The topological polar surface area (TPSA) is 106 Å². The Morgan fingerprint density at radius 2 is 2.00 bits per heavy atom. The molecule has 3 rings (SSSR count). The average Bonchev–Trinajstić information content (AvgIpc) is 3.18. The highest BCUT2D eigenvalue weighted by atomic mass is 79.9. The fourth-order valence-electron chi connectivity index (χ4n) is 2.86. The van der Waals surface area contributed by atoms with Gasteiger partial charge in [0.25, 0.3) is 0 Å². The number of halogens is 2. The van der Waals surface area contributed by atoms with E-state index in [2.05, 4.69) is 31.4 Å². The highest BCUT2D eigenvalue weighted by Gasteiger charge is 2.18. The van der Waals surface area contributed by atoms with Crippen molar-refractivity contribution in [2.75, 3.05) is 17.7 Å². The zero-order valence-corrected chi connectivity index (χ0v) is 20.4. The summed E-state index contributed by atoms with van der Waals surface area (Å²) in [6, 6.07) is 9.68. The smallest absolute Gasteiger partial charge is 0.339 e. The van der Waals surface area contributed by atoms with Gasteiger partial charge >= 0.3 is 5.97 Å². The molecule has 2 aromatic carbocycles. The number of thioether (sulfide) groups is 1. The fraction of sp³-hybridized carbons (Fsp3) is 0.238. The third-order valence-corrected chi connectivity index (χ3v) is 6.10. The van der Waals surface area contributed by atoms with Crippen LogP contribution in [0.3, 0.4) is 0 Å². The molecule has 0 aliphatic carbocycles. The van der Waals surface area contributed by atoms with Crippen LogP contribution in [0, 0.1) is 0 Å². The van der Waals surface area contributed by atoms with E-state index < -0.39 is 5.97 Å². The van der Waals surface area contributed by atoms with Crippen LogP contribution in [0.1, 0.15) is 24.2 Å². The predicted octanol–water partition coefficient (Wildman–Crippen LogP) is 4.99. The summed E-state index contributed by atoms with van der Waals surface area (Å²) in [5.41, 5.74) is 1.15. The Morgan fingerprint density at radius 1 is 1.22 bits per heavy atom. The number of amides is 1. The third-order valence-electron chi connectivity index (χ3n) is 4.31. The zero-order chi connectivity index (χ0) is 23.3. The number of aromatic nitrogens is 3. The lowest BCUT2D eigenvalue weighted by molar-refractivity contribution is -0.113. The Bertz CT molecular complexity index is 1150. The Balaban J connectivity index is 1.71. The molecule has 0 aliphatic heterocycles. The van der Waals surface area contributed by atoms with Crippen LogP contribution >= 0.6 is 39.3 Å². The number of carbonyl (C=O) groups is 2. The number of nitrogens with one attached hydrogen (secondary N) is 1. The SMILES string of the molecule is CCOC(=O)c1cc(NC(=O)CSc2nnc(-c3cc(Br)ccc3O)n2CC)ccc1Cl. The Morgan fingerprint density at radius 3 is 2.72 bits per heavy atom. The number of phenols is 1. The second kappa shape index (κ2) is 10.8. The van der Waals surface area contributed by atoms with E-state index in [1.165, 1.54) is 23.9 Å². The fourth-order valence-corrected chi connectivity index (χ4v) is 4.22. The van der Waals surface area contributed by atoms with Crippen LogP contribution in [0.15, 0.2) is 46.0 Å². The van der Waals surface area contributed by atoms with Gasteiger partial charge in [-0.2, -0.15) is 0 Å². The van der Waals surface area contributed by atoms with Crippen LogP contribution in [0.2, 0.25) is 5.02 Å². The maximum atomic E-state index is 12.5. The number of esters is 1. The van der Waals surface area contributed by atoms with Crippen LogP contribution in [-0.4, -0.2) is 44.1 Å². The van der Waals surface area contributed by atoms with E-state index in [9.17, 15) is 14.7 Å². The minimum absolute atomic E-state index is 0.0694. The van der Waals surface area contributed by atoms with E-state index in [1.54, 1.807) is 31.2 Å². The maximum absolute atomic E-state index is 12.5. The molecule has 32 heavy (non-hydrogen) atoms. The number of hydrogen-bond donors (Lipinski definition) is 2. The lowest BCUT2D eigenvalue weighted by Crippen LogP contribution is -2.15. The van der Waals surface area contributed by atoms with Crippen molar-refractivity contribution in [2.24, 2.45) is 0 Å². The molecule has 3 aromatic rings. The molecule has 0 bridgehead atoms. The lowest BCUT2D eigenvalue weighted by Gasteiger charge is -2.10. The van der Waals surface area contributed by atoms with Crippen LogP contribution < -0.4 is 5.32 Å². The van der Waals surface area contributed by atoms with Crippen molar-refractivity contribution in [3.8, 4) is 17.1 Å². The average molecular weight is 540 g/mol. The summed E-state index contributed by atoms with van der Waals surface area (Å²) in [5.74, 6) is -0.178. The minimum Gasteiger partial charge on any atom is -0.507 e. The van der Waals surface area contributed by atoms with Gasteiger partial charge in [0.1, 0.15) is 5.75 Å². The number of hydrogen-bond acceptors (Lipinski definition) is 7. The lowest BCUT2D eigenvalue weighted by atomic mass is 10.2. The van der Waals surface area contributed by atoms with E-state index >= 15 is 0 Å². The molecule has 0 radical (unpaired) electrons. The molecule has 0 atom stereocenters. The van der Waals surface area contributed by atoms with Crippen molar-refractivity contribution in [2.45, 2.75) is 25.5 Å². The van der Waals surface area contributed by atoms with Crippen molar-refractivity contribution < 1.29 is 19.4 Å². The summed E-state index contributed by atoms with van der Waals surface area (Å²) in [7, 11) is 0. The quantitative estimate of drug-likeness (QED) is 0.307. The van der Waals surface area contributed by atoms with E-state index in [-0.39, 0.29) is 34.6 Å². The van der Waals surface area contributed by atoms with Gasteiger partial charge in [-0.25, -0.2) is 4.79 Å². The van der Waals surface area contributed by atoms with Gasteiger partial charge in [-0.1, -0.05) is 39.3 Å². The first kappa shape index (κ1) is 24.1. The summed E-state index contributed by atoms with van der Waals surface area (Å²) in [6.07, 6.45) is 0. The van der Waals surface area contributed by atoms with E-state index in [1.807, 2.05) is 11.5 Å². The Kier molecular flexibility index (Phi) is 8.16. The molecule has 0 unspecified atom stereocenters. The third kappa shape index (κ3) is 5.62. The highest BCUT2D eigenvalue weighted by Crippen LogP contribution is 2.32. The second-order valence-electron chi connectivity index (χ2n) is 6.46. The van der Waals surface area contributed by atoms with Gasteiger partial charge in [0.05, 0.1) is 28.5 Å². The van der Waals surface area contributed by atoms with Gasteiger partial charge in [0.15, 0.2) is 11.0 Å². The molecule has 8 nitrogen and oxygen atoms in total. The van der Waals surface area contributed by atoms with E-state index in [0.29, 0.717) is 28.8 Å². The van der Waals surface area contributed by atoms with Crippen LogP contribution in [0.5, 0.6) is 5.75 Å². The molecule has 0 saturated carbocycles. The highest BCUT2D eigenvalue weighted by molar-refractivity contribution is 9.10. The standard InChI is InChI=1S/C21H20BrClN4O4S/c1-3-27-19(15-9-12(22)5-8-17(15)28)25-26-21(27)32-11-18(29)24-13-6-7-16(23)14(10-13)20(30)31-4-2/h5-10,28H,3-4,11H2,1-2H3,(H,24,29). The number of phenolic OH excluding ortho intramolecular Hbond substituents is 1. The zero-order valence-electron chi connectivity index (χ0n) is 17.3. The first-order valence-electron chi connectivity index (χ1n) is 9.65. The molecule has 11 heteroatoms. The van der Waals surface area contributed by atoms with Crippen LogP contribution in [-0.2, 0) is 16.1 Å². The summed E-state index contributed by atoms with van der Waals surface area (Å²) in [6.45, 7) is 4.41. The Labute approximate surface area is 202 Å². The second-order valence-corrected chi connectivity index (χ2v) is 8.73. The van der Waals surface area contributed by atoms with Crippen molar-refractivity contribution in [1.29, 1.82) is 0 Å². The van der Waals surface area contributed by atoms with Gasteiger partial charge in [0, 0.05) is 16.7 Å². The van der Waals surface area contributed by atoms with Crippen molar-refractivity contribution in [3.05, 3.63) is 51.5 Å². The molecule has 1 amide bonds. The van der Waals surface area contributed by atoms with Crippen molar-refractivity contribution >= 4 is 56.9 Å². The van der Waals surface area contributed by atoms with Gasteiger partial charge < -0.3 is 19.7 Å². The monoisotopic (exact) mass is 538 g/mol. The summed E-state index contributed by atoms with van der Waals surface area (Å²) in [4.78, 5) is 24.5. The molecule has 168 valence electrons. The number of nitrogens with zero attached hydrogens (tertiary/aromatic N) is 3. The summed E-state index contributed by atoms with van der Waals surface area (Å²) < 4.78 is 7.60. The summed E-state index contributed by atoms with van der Waals surface area (Å²) >= 11 is 10.7. The van der Waals surface area contributed by atoms with Gasteiger partial charge in [-0.3, -0.25) is 4.79 Å². The molecule has 0 aliphatic rings. The molecule has 1 heterocycles. The number of anilines is 1. The van der Waals surface area contributed by atoms with Crippen LogP contribution in [0.25, 0.3) is 11.4 Å². The van der Waals surface area contributed by atoms with Gasteiger partial charge in [-0.05, 0) is 50.2 Å². The first-order valence-corrected chi connectivity index (χ1v) is 11.8. The summed E-state index contributed by atoms with van der Waals surface area (Å²) in [5, 5.41) is 22.1. The largest absolute Gasteiger partial charge is 0.507 e. The maximum Gasteiger partial charge on any atom is 0.339 e. The Hall–Kier alpha value is -2.56. The van der Waals surface area contributed by atoms with Crippen LogP contribution in [0.4, 0.5) is 5.69 Å². The van der Waals surface area contributed by atoms with Crippen molar-refractivity contribution in [1.82, 2.24) is 14.8 Å². The number of carbonyl (C=O) groups excluding carboxylic acids is 2. The van der Waals surface area contributed by atoms with E-state index in [0.717, 1.165) is 4.47 Å². The molecule has 1 aromatic heterocycles. The number of benzene rings is 2. The normalized spacial score (nSPS) is 10.8. The molecule has 0 spiro atoms. The number of aromatic hydroxyl groups is 1. The molecular weight excluding hydrogens is 520 g/mol. The number of ether oxygens (including phenoxy) is 1.